The lowest BCUT2D eigenvalue weighted by molar-refractivity contribution is -0.0339. The SMILES string of the molecule is C[C@@H]1CN([C@@H](CNCc2cccn2C)c2cccs2)CCO1. The van der Waals surface area contributed by atoms with Gasteiger partial charge in [-0.05, 0) is 30.5 Å². The Balaban J connectivity index is 1.63. The maximum Gasteiger partial charge on any atom is 0.0674 e. The second-order valence-corrected chi connectivity index (χ2v) is 6.93. The molecule has 0 amide bonds. The van der Waals surface area contributed by atoms with Gasteiger partial charge in [0.15, 0.2) is 0 Å². The molecule has 0 unspecified atom stereocenters. The molecule has 0 saturated carbocycles. The first-order valence-corrected chi connectivity index (χ1v) is 8.82. The second kappa shape index (κ2) is 7.42. The monoisotopic (exact) mass is 319 g/mol. The van der Waals surface area contributed by atoms with Crippen LogP contribution < -0.4 is 5.32 Å². The summed E-state index contributed by atoms with van der Waals surface area (Å²) < 4.78 is 7.86. The van der Waals surface area contributed by atoms with Crippen LogP contribution in [0.2, 0.25) is 0 Å². The summed E-state index contributed by atoms with van der Waals surface area (Å²) in [6, 6.07) is 9.10. The molecular formula is C17H25N3OS. The molecule has 120 valence electrons. The summed E-state index contributed by atoms with van der Waals surface area (Å²) in [5.41, 5.74) is 1.32. The number of hydrogen-bond donors (Lipinski definition) is 1. The van der Waals surface area contributed by atoms with Gasteiger partial charge in [0, 0.05) is 50.0 Å². The van der Waals surface area contributed by atoms with Gasteiger partial charge in [0.2, 0.25) is 0 Å². The van der Waals surface area contributed by atoms with Gasteiger partial charge in [0.25, 0.3) is 0 Å². The van der Waals surface area contributed by atoms with Gasteiger partial charge in [0.05, 0.1) is 18.8 Å². The number of ether oxygens (including phenoxy) is 1. The summed E-state index contributed by atoms with van der Waals surface area (Å²) in [7, 11) is 2.09. The van der Waals surface area contributed by atoms with Gasteiger partial charge in [-0.15, -0.1) is 11.3 Å². The van der Waals surface area contributed by atoms with Crippen LogP contribution in [0.5, 0.6) is 0 Å². The zero-order valence-electron chi connectivity index (χ0n) is 13.4. The van der Waals surface area contributed by atoms with Crippen LogP contribution in [-0.4, -0.2) is 41.8 Å². The number of aryl methyl sites for hydroxylation is 1. The van der Waals surface area contributed by atoms with E-state index in [1.807, 2.05) is 11.3 Å². The van der Waals surface area contributed by atoms with Crippen molar-refractivity contribution in [1.82, 2.24) is 14.8 Å². The van der Waals surface area contributed by atoms with Crippen molar-refractivity contribution >= 4 is 11.3 Å². The fourth-order valence-corrected chi connectivity index (χ4v) is 3.90. The third-order valence-corrected chi connectivity index (χ3v) is 5.25. The van der Waals surface area contributed by atoms with Crippen LogP contribution in [0.4, 0.5) is 0 Å². The van der Waals surface area contributed by atoms with Gasteiger partial charge < -0.3 is 14.6 Å². The van der Waals surface area contributed by atoms with Gasteiger partial charge in [0.1, 0.15) is 0 Å². The predicted octanol–water partition coefficient (Wildman–Crippen LogP) is 2.64. The summed E-state index contributed by atoms with van der Waals surface area (Å²) in [6.07, 6.45) is 2.42. The van der Waals surface area contributed by atoms with Crippen LogP contribution in [0.15, 0.2) is 35.8 Å². The molecule has 5 heteroatoms. The molecule has 0 radical (unpaired) electrons. The molecule has 3 rings (SSSR count). The highest BCUT2D eigenvalue weighted by molar-refractivity contribution is 7.10. The molecule has 4 nitrogen and oxygen atoms in total. The molecule has 1 saturated heterocycles. The normalized spacial score (nSPS) is 21.1. The lowest BCUT2D eigenvalue weighted by Crippen LogP contribution is -2.45. The molecule has 0 aromatic carbocycles. The van der Waals surface area contributed by atoms with Crippen molar-refractivity contribution in [2.45, 2.75) is 25.6 Å². The minimum absolute atomic E-state index is 0.323. The van der Waals surface area contributed by atoms with Gasteiger partial charge in [-0.2, -0.15) is 0 Å². The van der Waals surface area contributed by atoms with E-state index in [0.717, 1.165) is 32.8 Å². The molecule has 2 aromatic rings. The van der Waals surface area contributed by atoms with Crippen LogP contribution in [0.25, 0.3) is 0 Å². The van der Waals surface area contributed by atoms with E-state index in [-0.39, 0.29) is 0 Å². The molecule has 0 aliphatic carbocycles. The Morgan fingerprint density at radius 1 is 1.41 bits per heavy atom. The highest BCUT2D eigenvalue weighted by atomic mass is 32.1. The largest absolute Gasteiger partial charge is 0.376 e. The van der Waals surface area contributed by atoms with Crippen molar-refractivity contribution in [2.75, 3.05) is 26.2 Å². The quantitative estimate of drug-likeness (QED) is 0.887. The Morgan fingerprint density at radius 3 is 3.00 bits per heavy atom. The van der Waals surface area contributed by atoms with E-state index in [4.69, 9.17) is 4.74 Å². The maximum absolute atomic E-state index is 5.69. The number of nitrogens with one attached hydrogen (secondary N) is 1. The highest BCUT2D eigenvalue weighted by Crippen LogP contribution is 2.26. The van der Waals surface area contributed by atoms with E-state index in [0.29, 0.717) is 12.1 Å². The number of morpholine rings is 1. The first kappa shape index (κ1) is 15.7. The van der Waals surface area contributed by atoms with E-state index in [1.54, 1.807) is 0 Å². The summed E-state index contributed by atoms with van der Waals surface area (Å²) in [5, 5.41) is 5.80. The van der Waals surface area contributed by atoms with Crippen LogP contribution in [0.1, 0.15) is 23.5 Å². The number of rotatable bonds is 6. The molecule has 22 heavy (non-hydrogen) atoms. The molecule has 2 atom stereocenters. The topological polar surface area (TPSA) is 29.4 Å². The molecule has 0 bridgehead atoms. The summed E-state index contributed by atoms with van der Waals surface area (Å²) >= 11 is 1.85. The summed E-state index contributed by atoms with van der Waals surface area (Å²) in [4.78, 5) is 3.99. The minimum Gasteiger partial charge on any atom is -0.376 e. The van der Waals surface area contributed by atoms with Crippen molar-refractivity contribution < 1.29 is 4.74 Å². The minimum atomic E-state index is 0.323. The van der Waals surface area contributed by atoms with Crippen LogP contribution in [-0.2, 0) is 18.3 Å². The number of hydrogen-bond acceptors (Lipinski definition) is 4. The molecule has 1 aliphatic heterocycles. The highest BCUT2D eigenvalue weighted by Gasteiger charge is 2.25. The Bertz CT molecular complexity index is 566. The summed E-state index contributed by atoms with van der Waals surface area (Å²) in [6.45, 7) is 6.90. The molecular weight excluding hydrogens is 294 g/mol. The van der Waals surface area contributed by atoms with Crippen molar-refractivity contribution in [3.63, 3.8) is 0 Å². The first-order chi connectivity index (χ1) is 10.7. The van der Waals surface area contributed by atoms with Crippen molar-refractivity contribution in [1.29, 1.82) is 0 Å². The van der Waals surface area contributed by atoms with Crippen LogP contribution in [0.3, 0.4) is 0 Å². The lowest BCUT2D eigenvalue weighted by Gasteiger charge is -2.37. The maximum atomic E-state index is 5.69. The zero-order valence-corrected chi connectivity index (χ0v) is 14.2. The predicted molar refractivity (Wildman–Crippen MR) is 91.2 cm³/mol. The van der Waals surface area contributed by atoms with Gasteiger partial charge in [-0.25, -0.2) is 0 Å². The molecule has 1 aliphatic rings. The number of aromatic nitrogens is 1. The van der Waals surface area contributed by atoms with Crippen molar-refractivity contribution in [3.05, 3.63) is 46.4 Å². The van der Waals surface area contributed by atoms with E-state index in [9.17, 15) is 0 Å². The lowest BCUT2D eigenvalue weighted by atomic mass is 10.1. The fraction of sp³-hybridized carbons (Fsp3) is 0.529. The standard InChI is InChI=1S/C17H25N3OS/c1-14-13-20(8-9-21-14)16(17-6-4-10-22-17)12-18-11-15-5-3-7-19(15)2/h3-7,10,14,16,18H,8-9,11-13H2,1-2H3/t14-,16+/m1/s1. The third-order valence-electron chi connectivity index (χ3n) is 4.28. The van der Waals surface area contributed by atoms with E-state index >= 15 is 0 Å². The van der Waals surface area contributed by atoms with E-state index < -0.39 is 0 Å². The Kier molecular flexibility index (Phi) is 5.31. The molecule has 0 spiro atoms. The Hall–Kier alpha value is -1.14. The molecule has 1 fully saturated rings. The average Bonchev–Trinajstić information content (AvgIpc) is 3.16. The van der Waals surface area contributed by atoms with Gasteiger partial charge in [-0.1, -0.05) is 6.07 Å². The first-order valence-electron chi connectivity index (χ1n) is 7.94. The fourth-order valence-electron chi connectivity index (χ4n) is 3.04. The average molecular weight is 319 g/mol. The van der Waals surface area contributed by atoms with Gasteiger partial charge >= 0.3 is 0 Å². The molecule has 3 heterocycles. The molecule has 1 N–H and O–H groups in total. The number of thiophene rings is 1. The smallest absolute Gasteiger partial charge is 0.0674 e. The van der Waals surface area contributed by atoms with Crippen molar-refractivity contribution in [3.8, 4) is 0 Å². The van der Waals surface area contributed by atoms with E-state index in [2.05, 4.69) is 64.6 Å². The van der Waals surface area contributed by atoms with Gasteiger partial charge in [-0.3, -0.25) is 4.90 Å². The molecule has 2 aromatic heterocycles. The Labute approximate surface area is 136 Å². The summed E-state index contributed by atoms with van der Waals surface area (Å²) in [5.74, 6) is 0. The van der Waals surface area contributed by atoms with E-state index in [1.165, 1.54) is 10.6 Å². The number of nitrogens with zero attached hydrogens (tertiary/aromatic N) is 2. The van der Waals surface area contributed by atoms with Crippen LogP contribution in [0, 0.1) is 0 Å². The second-order valence-electron chi connectivity index (χ2n) is 5.95. The third kappa shape index (κ3) is 3.79. The van der Waals surface area contributed by atoms with Crippen molar-refractivity contribution in [2.24, 2.45) is 7.05 Å². The zero-order chi connectivity index (χ0) is 15.4. The van der Waals surface area contributed by atoms with Crippen LogP contribution >= 0.6 is 11.3 Å². The Morgan fingerprint density at radius 2 is 2.32 bits per heavy atom.